The summed E-state index contributed by atoms with van der Waals surface area (Å²) in [5.74, 6) is -1.01. The van der Waals surface area contributed by atoms with E-state index in [1.165, 1.54) is 64.2 Å². The summed E-state index contributed by atoms with van der Waals surface area (Å²) in [6.45, 7) is 6.39. The summed E-state index contributed by atoms with van der Waals surface area (Å²) in [4.78, 5) is 38.0. The van der Waals surface area contributed by atoms with Gasteiger partial charge in [0.25, 0.3) is 0 Å². The average molecular weight is 901 g/mol. The van der Waals surface area contributed by atoms with Gasteiger partial charge in [0.15, 0.2) is 6.10 Å². The highest BCUT2D eigenvalue weighted by Gasteiger charge is 2.19. The predicted molar refractivity (Wildman–Crippen MR) is 279 cm³/mol. The van der Waals surface area contributed by atoms with Crippen LogP contribution in [0, 0.1) is 0 Å². The third kappa shape index (κ3) is 50.9. The number of carbonyl (C=O) groups is 3. The Kier molecular flexibility index (Phi) is 49.5. The summed E-state index contributed by atoms with van der Waals surface area (Å²) >= 11 is 0. The van der Waals surface area contributed by atoms with Gasteiger partial charge in [0, 0.05) is 19.3 Å². The minimum Gasteiger partial charge on any atom is -0.462 e. The van der Waals surface area contributed by atoms with Gasteiger partial charge in [-0.05, 0) is 122 Å². The number of rotatable bonds is 46. The van der Waals surface area contributed by atoms with Crippen molar-refractivity contribution in [3.05, 3.63) is 109 Å². The van der Waals surface area contributed by atoms with Gasteiger partial charge in [0.05, 0.1) is 0 Å². The molecule has 0 aliphatic heterocycles. The Bertz CT molecular complexity index is 1360. The zero-order valence-electron chi connectivity index (χ0n) is 42.0. The lowest BCUT2D eigenvalue weighted by atomic mass is 10.1. The molecule has 0 aromatic heterocycles. The molecule has 0 fully saturated rings. The number of allylic oxidation sites excluding steroid dienone is 18. The van der Waals surface area contributed by atoms with Crippen LogP contribution in [0.2, 0.25) is 0 Å². The van der Waals surface area contributed by atoms with Crippen LogP contribution in [0.1, 0.15) is 226 Å². The van der Waals surface area contributed by atoms with Crippen molar-refractivity contribution in [2.75, 3.05) is 13.2 Å². The second-order valence-electron chi connectivity index (χ2n) is 17.0. The van der Waals surface area contributed by atoms with E-state index in [-0.39, 0.29) is 44.0 Å². The quantitative estimate of drug-likeness (QED) is 0.0262. The van der Waals surface area contributed by atoms with E-state index in [2.05, 4.69) is 130 Å². The van der Waals surface area contributed by atoms with Crippen LogP contribution in [-0.2, 0) is 28.6 Å². The molecular weight excluding hydrogens is 805 g/mol. The maximum atomic E-state index is 12.8. The molecule has 0 heterocycles. The van der Waals surface area contributed by atoms with Crippen LogP contribution < -0.4 is 0 Å². The van der Waals surface area contributed by atoms with E-state index >= 15 is 0 Å². The molecule has 0 bridgehead atoms. The molecule has 368 valence electrons. The average Bonchev–Trinajstić information content (AvgIpc) is 3.30. The van der Waals surface area contributed by atoms with Gasteiger partial charge < -0.3 is 14.2 Å². The Morgan fingerprint density at radius 2 is 0.615 bits per heavy atom. The van der Waals surface area contributed by atoms with Gasteiger partial charge in [-0.25, -0.2) is 0 Å². The van der Waals surface area contributed by atoms with Gasteiger partial charge in [-0.1, -0.05) is 194 Å². The van der Waals surface area contributed by atoms with Crippen molar-refractivity contribution in [2.24, 2.45) is 0 Å². The highest BCUT2D eigenvalue weighted by Crippen LogP contribution is 2.12. The molecule has 0 aromatic rings. The summed E-state index contributed by atoms with van der Waals surface area (Å²) in [5.41, 5.74) is 0. The Hall–Kier alpha value is -3.93. The second-order valence-corrected chi connectivity index (χ2v) is 17.0. The molecule has 0 aromatic carbocycles. The SMILES string of the molecule is CC/C=C\C/C=C\C/C=C\C/C=C\C/C=C\CCCC(=O)OC[C@H](COC(=O)CCCCCCC/C=C\CCCCCC)OC(=O)CCCCCC/C=C\C/C=C\C/C=C\CCCCC. The van der Waals surface area contributed by atoms with Crippen LogP contribution >= 0.6 is 0 Å². The molecule has 0 rings (SSSR count). The molecule has 0 saturated carbocycles. The van der Waals surface area contributed by atoms with Crippen molar-refractivity contribution < 1.29 is 28.6 Å². The molecule has 0 aliphatic carbocycles. The van der Waals surface area contributed by atoms with Crippen LogP contribution in [0.15, 0.2) is 109 Å². The van der Waals surface area contributed by atoms with E-state index in [1.54, 1.807) is 0 Å². The third-order valence-electron chi connectivity index (χ3n) is 10.7. The zero-order valence-corrected chi connectivity index (χ0v) is 42.0. The van der Waals surface area contributed by atoms with Crippen molar-refractivity contribution in [1.82, 2.24) is 0 Å². The fourth-order valence-electron chi connectivity index (χ4n) is 6.77. The van der Waals surface area contributed by atoms with Gasteiger partial charge in [-0.15, -0.1) is 0 Å². The van der Waals surface area contributed by atoms with E-state index in [9.17, 15) is 14.4 Å². The number of carbonyl (C=O) groups excluding carboxylic acids is 3. The Morgan fingerprint density at radius 3 is 1.05 bits per heavy atom. The first-order chi connectivity index (χ1) is 32.0. The maximum Gasteiger partial charge on any atom is 0.306 e. The van der Waals surface area contributed by atoms with Gasteiger partial charge >= 0.3 is 17.9 Å². The number of hydrogen-bond donors (Lipinski definition) is 0. The van der Waals surface area contributed by atoms with E-state index in [4.69, 9.17) is 14.2 Å². The first kappa shape index (κ1) is 61.1. The lowest BCUT2D eigenvalue weighted by Gasteiger charge is -2.18. The molecule has 6 heteroatoms. The van der Waals surface area contributed by atoms with Crippen molar-refractivity contribution in [3.63, 3.8) is 0 Å². The van der Waals surface area contributed by atoms with Crippen molar-refractivity contribution in [3.8, 4) is 0 Å². The molecule has 0 N–H and O–H groups in total. The molecule has 0 spiro atoms. The van der Waals surface area contributed by atoms with Gasteiger partial charge in [-0.2, -0.15) is 0 Å². The summed E-state index contributed by atoms with van der Waals surface area (Å²) in [5, 5.41) is 0. The summed E-state index contributed by atoms with van der Waals surface area (Å²) in [6, 6.07) is 0. The molecule has 65 heavy (non-hydrogen) atoms. The highest BCUT2D eigenvalue weighted by atomic mass is 16.6. The lowest BCUT2D eigenvalue weighted by molar-refractivity contribution is -0.167. The Labute approximate surface area is 400 Å². The van der Waals surface area contributed by atoms with Crippen molar-refractivity contribution in [1.29, 1.82) is 0 Å². The van der Waals surface area contributed by atoms with E-state index in [1.807, 2.05) is 0 Å². The topological polar surface area (TPSA) is 78.9 Å². The summed E-state index contributed by atoms with van der Waals surface area (Å²) in [7, 11) is 0. The minimum absolute atomic E-state index is 0.111. The number of ether oxygens (including phenoxy) is 3. The van der Waals surface area contributed by atoms with Crippen molar-refractivity contribution in [2.45, 2.75) is 232 Å². The fourth-order valence-corrected chi connectivity index (χ4v) is 6.77. The molecule has 0 unspecified atom stereocenters. The fraction of sp³-hybridized carbons (Fsp3) is 0.644. The number of esters is 3. The number of unbranched alkanes of at least 4 members (excludes halogenated alkanes) is 17. The van der Waals surface area contributed by atoms with Crippen LogP contribution in [0.3, 0.4) is 0 Å². The second kappa shape index (κ2) is 52.7. The first-order valence-corrected chi connectivity index (χ1v) is 26.4. The summed E-state index contributed by atoms with van der Waals surface area (Å²) in [6.07, 6.45) is 70.7. The van der Waals surface area contributed by atoms with Crippen LogP contribution in [0.5, 0.6) is 0 Å². The molecule has 0 amide bonds. The first-order valence-electron chi connectivity index (χ1n) is 26.4. The van der Waals surface area contributed by atoms with Crippen molar-refractivity contribution >= 4 is 17.9 Å². The van der Waals surface area contributed by atoms with E-state index < -0.39 is 6.10 Å². The van der Waals surface area contributed by atoms with Gasteiger partial charge in [-0.3, -0.25) is 14.4 Å². The third-order valence-corrected chi connectivity index (χ3v) is 10.7. The number of hydrogen-bond acceptors (Lipinski definition) is 6. The van der Waals surface area contributed by atoms with Crippen LogP contribution in [0.25, 0.3) is 0 Å². The molecule has 6 nitrogen and oxygen atoms in total. The smallest absolute Gasteiger partial charge is 0.306 e. The molecule has 0 saturated heterocycles. The normalized spacial score (nSPS) is 13.0. The molecule has 1 atom stereocenters. The molecular formula is C59H96O6. The Morgan fingerprint density at radius 1 is 0.323 bits per heavy atom. The van der Waals surface area contributed by atoms with E-state index in [0.29, 0.717) is 12.8 Å². The van der Waals surface area contributed by atoms with Crippen LogP contribution in [0.4, 0.5) is 0 Å². The summed E-state index contributed by atoms with van der Waals surface area (Å²) < 4.78 is 16.7. The van der Waals surface area contributed by atoms with E-state index in [0.717, 1.165) is 116 Å². The highest BCUT2D eigenvalue weighted by molar-refractivity contribution is 5.71. The molecule has 0 radical (unpaired) electrons. The zero-order chi connectivity index (χ0) is 47.2. The Balaban J connectivity index is 4.55. The molecule has 0 aliphatic rings. The lowest BCUT2D eigenvalue weighted by Crippen LogP contribution is -2.30. The standard InChI is InChI=1S/C59H96O6/c1-4-7-10-13-16-19-22-25-27-29-31-34-37-40-43-46-49-52-58(61)64-55-56(54-63-57(60)51-48-45-42-39-36-33-24-21-18-15-12-9-6-3)65-59(62)53-50-47-44-41-38-35-32-30-28-26-23-20-17-14-11-8-5-2/h7,10,16-17,19-21,24-28,31-32,34-35,40,43,56H,4-6,8-9,11-15,18,22-23,29-30,33,36-39,41-42,44-55H2,1-3H3/b10-7-,19-16-,20-17-,24-21-,27-25-,28-26-,34-31-,35-32-,43-40-/t56-/m0/s1. The monoisotopic (exact) mass is 901 g/mol. The van der Waals surface area contributed by atoms with Gasteiger partial charge in [0.1, 0.15) is 13.2 Å². The minimum atomic E-state index is -0.818. The van der Waals surface area contributed by atoms with Crippen LogP contribution in [-0.4, -0.2) is 37.2 Å². The largest absolute Gasteiger partial charge is 0.462 e. The maximum absolute atomic E-state index is 12.8. The predicted octanol–water partition coefficient (Wildman–Crippen LogP) is 17.5. The van der Waals surface area contributed by atoms with Gasteiger partial charge in [0.2, 0.25) is 0 Å².